The van der Waals surface area contributed by atoms with E-state index < -0.39 is 0 Å². The summed E-state index contributed by atoms with van der Waals surface area (Å²) in [6, 6.07) is 17.8. The van der Waals surface area contributed by atoms with Crippen molar-refractivity contribution in [2.75, 3.05) is 13.2 Å². The summed E-state index contributed by atoms with van der Waals surface area (Å²) in [5, 5.41) is 3.74. The molecule has 1 heterocycles. The summed E-state index contributed by atoms with van der Waals surface area (Å²) in [5.74, 6) is 2.04. The zero-order valence-corrected chi connectivity index (χ0v) is 17.7. The number of rotatable bonds is 5. The number of aryl methyl sites for hydroxylation is 1. The predicted molar refractivity (Wildman–Crippen MR) is 118 cm³/mol. The normalized spacial score (nSPS) is 27.4. The Kier molecular flexibility index (Phi) is 5.98. The minimum atomic E-state index is 0. The third-order valence-corrected chi connectivity index (χ3v) is 7.19. The van der Waals surface area contributed by atoms with Crippen molar-refractivity contribution in [2.24, 2.45) is 5.92 Å². The Morgan fingerprint density at radius 2 is 2.00 bits per heavy atom. The highest BCUT2D eigenvalue weighted by atomic mass is 35.5. The van der Waals surface area contributed by atoms with Crippen molar-refractivity contribution in [2.45, 2.75) is 56.4 Å². The van der Waals surface area contributed by atoms with E-state index in [-0.39, 0.29) is 17.8 Å². The molecule has 1 aliphatic heterocycles. The number of carbonyl (C=O) groups is 1. The van der Waals surface area contributed by atoms with Gasteiger partial charge in [-0.3, -0.25) is 4.79 Å². The molecule has 0 amide bonds. The summed E-state index contributed by atoms with van der Waals surface area (Å²) in [6.45, 7) is 1.77. The van der Waals surface area contributed by atoms with E-state index in [1.807, 2.05) is 0 Å². The summed E-state index contributed by atoms with van der Waals surface area (Å²) < 4.78 is 6.08. The van der Waals surface area contributed by atoms with Gasteiger partial charge in [0.25, 0.3) is 0 Å². The van der Waals surface area contributed by atoms with E-state index in [0.29, 0.717) is 17.7 Å². The van der Waals surface area contributed by atoms with Crippen LogP contribution >= 0.6 is 12.4 Å². The van der Waals surface area contributed by atoms with E-state index in [0.717, 1.165) is 63.8 Å². The maximum Gasteiger partial charge on any atom is 0.133 e. The fourth-order valence-corrected chi connectivity index (χ4v) is 5.95. The van der Waals surface area contributed by atoms with Gasteiger partial charge in [-0.2, -0.15) is 0 Å². The lowest BCUT2D eigenvalue weighted by Crippen LogP contribution is -2.60. The molecule has 2 aromatic carbocycles. The van der Waals surface area contributed by atoms with E-state index in [1.54, 1.807) is 0 Å². The molecule has 5 rings (SSSR count). The maximum absolute atomic E-state index is 12.3. The van der Waals surface area contributed by atoms with Crippen molar-refractivity contribution >= 4 is 18.2 Å². The number of fused-ring (bicyclic) bond motifs is 1. The molecule has 0 spiro atoms. The molecule has 3 nitrogen and oxygen atoms in total. The van der Waals surface area contributed by atoms with Gasteiger partial charge in [-0.05, 0) is 73.4 Å². The summed E-state index contributed by atoms with van der Waals surface area (Å²) in [5.41, 5.74) is 4.26. The number of ketones is 1. The number of halogens is 1. The lowest BCUT2D eigenvalue weighted by molar-refractivity contribution is -0.125. The molecular formula is C25H30ClNO2. The Morgan fingerprint density at radius 1 is 1.14 bits per heavy atom. The Labute approximate surface area is 179 Å². The molecule has 1 N–H and O–H groups in total. The molecule has 3 aliphatic rings. The third-order valence-electron chi connectivity index (χ3n) is 7.19. The summed E-state index contributed by atoms with van der Waals surface area (Å²) in [4.78, 5) is 12.3. The second-order valence-corrected chi connectivity index (χ2v) is 8.79. The first-order valence-corrected chi connectivity index (χ1v) is 10.8. The van der Waals surface area contributed by atoms with Crippen molar-refractivity contribution in [1.82, 2.24) is 5.32 Å². The molecule has 2 fully saturated rings. The van der Waals surface area contributed by atoms with E-state index in [1.165, 1.54) is 16.7 Å². The molecule has 0 radical (unpaired) electrons. The molecule has 29 heavy (non-hydrogen) atoms. The molecule has 1 saturated heterocycles. The molecule has 1 saturated carbocycles. The van der Waals surface area contributed by atoms with Crippen LogP contribution in [0.15, 0.2) is 48.5 Å². The summed E-state index contributed by atoms with van der Waals surface area (Å²) in [6.07, 6.45) is 6.77. The lowest BCUT2D eigenvalue weighted by atomic mass is 9.52. The van der Waals surface area contributed by atoms with E-state index >= 15 is 0 Å². The standard InChI is InChI=1S/C25H29NO2.ClH/c27-20-8-10-23-24-16-19-15-21(28-14-4-7-18-5-2-1-3-6-18)9-11-22(19)25(23,17-20)12-13-26-24;/h1-3,5-6,9,11,15,23-24,26H,4,7-8,10,12-14,16-17H2;1H/t23-,24+,25+;/m0./s1. The van der Waals surface area contributed by atoms with Crippen molar-refractivity contribution in [3.05, 3.63) is 65.2 Å². The number of nitrogens with one attached hydrogen (secondary N) is 1. The highest BCUT2D eigenvalue weighted by Crippen LogP contribution is 2.53. The number of piperidine rings is 1. The van der Waals surface area contributed by atoms with Crippen LogP contribution in [-0.4, -0.2) is 25.0 Å². The van der Waals surface area contributed by atoms with Crippen molar-refractivity contribution in [3.63, 3.8) is 0 Å². The topological polar surface area (TPSA) is 38.3 Å². The van der Waals surface area contributed by atoms with Crippen LogP contribution in [-0.2, 0) is 23.1 Å². The van der Waals surface area contributed by atoms with Gasteiger partial charge in [-0.15, -0.1) is 12.4 Å². The largest absolute Gasteiger partial charge is 0.494 e. The van der Waals surface area contributed by atoms with Crippen molar-refractivity contribution in [1.29, 1.82) is 0 Å². The number of benzene rings is 2. The Balaban J connectivity index is 0.00000205. The molecular weight excluding hydrogens is 382 g/mol. The van der Waals surface area contributed by atoms with Crippen LogP contribution in [0.25, 0.3) is 0 Å². The molecule has 4 heteroatoms. The van der Waals surface area contributed by atoms with Crippen LogP contribution in [0.1, 0.15) is 48.8 Å². The number of ether oxygens (including phenoxy) is 1. The van der Waals surface area contributed by atoms with Gasteiger partial charge in [-0.25, -0.2) is 0 Å². The lowest BCUT2D eigenvalue weighted by Gasteiger charge is -2.55. The highest BCUT2D eigenvalue weighted by molar-refractivity contribution is 5.85. The zero-order valence-electron chi connectivity index (χ0n) is 16.9. The molecule has 0 unspecified atom stereocenters. The Bertz CT molecular complexity index is 868. The van der Waals surface area contributed by atoms with Crippen LogP contribution in [0, 0.1) is 5.92 Å². The monoisotopic (exact) mass is 411 g/mol. The van der Waals surface area contributed by atoms with Gasteiger partial charge >= 0.3 is 0 Å². The van der Waals surface area contributed by atoms with E-state index in [4.69, 9.17) is 4.74 Å². The molecule has 2 aromatic rings. The first kappa shape index (κ1) is 20.4. The minimum Gasteiger partial charge on any atom is -0.494 e. The number of hydrogen-bond acceptors (Lipinski definition) is 3. The average Bonchev–Trinajstić information content (AvgIpc) is 2.71. The molecule has 0 aromatic heterocycles. The molecule has 2 bridgehead atoms. The second kappa shape index (κ2) is 8.49. The molecule has 3 atom stereocenters. The van der Waals surface area contributed by atoms with Crippen LogP contribution in [0.4, 0.5) is 0 Å². The van der Waals surface area contributed by atoms with Crippen molar-refractivity contribution < 1.29 is 9.53 Å². The molecule has 154 valence electrons. The summed E-state index contributed by atoms with van der Waals surface area (Å²) >= 11 is 0. The zero-order chi connectivity index (χ0) is 19.0. The first-order chi connectivity index (χ1) is 13.7. The fourth-order valence-electron chi connectivity index (χ4n) is 5.95. The van der Waals surface area contributed by atoms with Gasteiger partial charge in [0.1, 0.15) is 11.5 Å². The quantitative estimate of drug-likeness (QED) is 0.728. The third kappa shape index (κ3) is 3.83. The average molecular weight is 412 g/mol. The van der Waals surface area contributed by atoms with Crippen LogP contribution < -0.4 is 10.1 Å². The molecule has 2 aliphatic carbocycles. The Hall–Kier alpha value is -1.84. The maximum atomic E-state index is 12.3. The minimum absolute atomic E-state index is 0. The van der Waals surface area contributed by atoms with E-state index in [2.05, 4.69) is 53.8 Å². The van der Waals surface area contributed by atoms with Crippen molar-refractivity contribution in [3.8, 4) is 5.75 Å². The fraction of sp³-hybridized carbons (Fsp3) is 0.480. The predicted octanol–water partition coefficient (Wildman–Crippen LogP) is 4.65. The van der Waals surface area contributed by atoms with Gasteiger partial charge in [0.2, 0.25) is 0 Å². The van der Waals surface area contributed by atoms with Gasteiger partial charge in [0, 0.05) is 24.3 Å². The number of hydrogen-bond donors (Lipinski definition) is 1. The van der Waals surface area contributed by atoms with Gasteiger partial charge in [0.15, 0.2) is 0 Å². The van der Waals surface area contributed by atoms with Crippen LogP contribution in [0.3, 0.4) is 0 Å². The SMILES string of the molecule is Cl.O=C1CC[C@H]2[C@H]3Cc4cc(OCCCc5ccccc5)ccc4[C@@]2(CCN3)C1. The number of carbonyl (C=O) groups excluding carboxylic acids is 1. The summed E-state index contributed by atoms with van der Waals surface area (Å²) in [7, 11) is 0. The van der Waals surface area contributed by atoms with Crippen LogP contribution in [0.5, 0.6) is 5.75 Å². The van der Waals surface area contributed by atoms with Gasteiger partial charge in [-0.1, -0.05) is 36.4 Å². The number of Topliss-reactive ketones (excluding diaryl/α,β-unsaturated/α-hetero) is 1. The highest BCUT2D eigenvalue weighted by Gasteiger charge is 2.53. The Morgan fingerprint density at radius 3 is 2.86 bits per heavy atom. The first-order valence-electron chi connectivity index (χ1n) is 10.8. The van der Waals surface area contributed by atoms with E-state index in [9.17, 15) is 4.79 Å². The van der Waals surface area contributed by atoms with Gasteiger partial charge < -0.3 is 10.1 Å². The second-order valence-electron chi connectivity index (χ2n) is 8.79. The smallest absolute Gasteiger partial charge is 0.133 e. The van der Waals surface area contributed by atoms with Gasteiger partial charge in [0.05, 0.1) is 6.61 Å². The van der Waals surface area contributed by atoms with Crippen LogP contribution in [0.2, 0.25) is 0 Å².